The molecule has 0 spiro atoms. The van der Waals surface area contributed by atoms with Gasteiger partial charge < -0.3 is 5.73 Å². The zero-order chi connectivity index (χ0) is 14.5. The van der Waals surface area contributed by atoms with E-state index in [-0.39, 0.29) is 11.9 Å². The first kappa shape index (κ1) is 14.6. The highest BCUT2D eigenvalue weighted by molar-refractivity contribution is 7.98. The van der Waals surface area contributed by atoms with Crippen molar-refractivity contribution in [2.24, 2.45) is 5.73 Å². The molecule has 0 radical (unpaired) electrons. The van der Waals surface area contributed by atoms with E-state index < -0.39 is 0 Å². The molecule has 0 aliphatic heterocycles. The maximum atomic E-state index is 13.3. The van der Waals surface area contributed by atoms with E-state index in [0.29, 0.717) is 11.3 Å². The molecule has 0 saturated heterocycles. The van der Waals surface area contributed by atoms with Crippen LogP contribution in [0.25, 0.3) is 0 Å². The van der Waals surface area contributed by atoms with Gasteiger partial charge in [-0.25, -0.2) is 4.39 Å². The predicted octanol–water partition coefficient (Wildman–Crippen LogP) is 4.01. The van der Waals surface area contributed by atoms with E-state index in [2.05, 4.69) is 0 Å². The van der Waals surface area contributed by atoms with Crippen LogP contribution in [0.4, 0.5) is 4.39 Å². The minimum Gasteiger partial charge on any atom is -0.324 e. The zero-order valence-corrected chi connectivity index (χ0v) is 12.0. The van der Waals surface area contributed by atoms with E-state index in [9.17, 15) is 4.39 Å². The van der Waals surface area contributed by atoms with Gasteiger partial charge in [-0.3, -0.25) is 0 Å². The summed E-state index contributed by atoms with van der Waals surface area (Å²) in [6.07, 6.45) is 0. The standard InChI is InChI=1S/C16H15FN2S/c1-11(19)14-3-2-4-16(8-14)20-10-13-5-12(9-18)6-15(17)7-13/h2-8,11H,10,19H2,1H3. The quantitative estimate of drug-likeness (QED) is 0.864. The number of benzene rings is 2. The van der Waals surface area contributed by atoms with Crippen molar-refractivity contribution >= 4 is 11.8 Å². The summed E-state index contributed by atoms with van der Waals surface area (Å²) in [5.74, 6) is 0.249. The second-order valence-electron chi connectivity index (χ2n) is 4.61. The fraction of sp³-hybridized carbons (Fsp3) is 0.188. The molecule has 2 rings (SSSR count). The molecule has 0 aromatic heterocycles. The summed E-state index contributed by atoms with van der Waals surface area (Å²) in [5, 5.41) is 8.83. The van der Waals surface area contributed by atoms with Crippen LogP contribution < -0.4 is 5.73 Å². The Bertz CT molecular complexity index is 647. The van der Waals surface area contributed by atoms with Crippen molar-refractivity contribution in [2.75, 3.05) is 0 Å². The molecule has 102 valence electrons. The molecule has 4 heteroatoms. The van der Waals surface area contributed by atoms with Crippen LogP contribution in [0.2, 0.25) is 0 Å². The van der Waals surface area contributed by atoms with Gasteiger partial charge in [-0.15, -0.1) is 11.8 Å². The minimum atomic E-state index is -0.371. The fourth-order valence-electron chi connectivity index (χ4n) is 1.85. The maximum Gasteiger partial charge on any atom is 0.124 e. The van der Waals surface area contributed by atoms with Crippen LogP contribution >= 0.6 is 11.8 Å². The Hall–Kier alpha value is -1.83. The third-order valence-electron chi connectivity index (χ3n) is 2.88. The largest absolute Gasteiger partial charge is 0.324 e. The number of nitrogens with zero attached hydrogens (tertiary/aromatic N) is 1. The molecule has 2 nitrogen and oxygen atoms in total. The lowest BCUT2D eigenvalue weighted by molar-refractivity contribution is 0.626. The molecule has 2 aromatic carbocycles. The second kappa shape index (κ2) is 6.56. The minimum absolute atomic E-state index is 0.00471. The molecule has 0 aliphatic carbocycles. The Labute approximate surface area is 122 Å². The third-order valence-corrected chi connectivity index (χ3v) is 3.94. The number of nitrogens with two attached hydrogens (primary N) is 1. The summed E-state index contributed by atoms with van der Waals surface area (Å²) < 4.78 is 13.3. The topological polar surface area (TPSA) is 49.8 Å². The molecule has 2 N–H and O–H groups in total. The van der Waals surface area contributed by atoms with Crippen LogP contribution in [0.5, 0.6) is 0 Å². The average molecular weight is 286 g/mol. The summed E-state index contributed by atoms with van der Waals surface area (Å²) in [6.45, 7) is 1.94. The summed E-state index contributed by atoms with van der Waals surface area (Å²) in [5.41, 5.74) is 8.08. The van der Waals surface area contributed by atoms with E-state index in [1.807, 2.05) is 37.3 Å². The highest BCUT2D eigenvalue weighted by atomic mass is 32.2. The van der Waals surface area contributed by atoms with E-state index in [0.717, 1.165) is 16.0 Å². The van der Waals surface area contributed by atoms with Crippen LogP contribution in [-0.4, -0.2) is 0 Å². The van der Waals surface area contributed by atoms with Crippen molar-refractivity contribution in [3.8, 4) is 6.07 Å². The number of hydrogen-bond donors (Lipinski definition) is 1. The van der Waals surface area contributed by atoms with Crippen LogP contribution in [-0.2, 0) is 5.75 Å². The number of thioether (sulfide) groups is 1. The summed E-state index contributed by atoms with van der Waals surface area (Å²) in [7, 11) is 0. The second-order valence-corrected chi connectivity index (χ2v) is 5.66. The van der Waals surface area contributed by atoms with Crippen molar-refractivity contribution in [1.29, 1.82) is 5.26 Å². The highest BCUT2D eigenvalue weighted by Gasteiger charge is 2.04. The fourth-order valence-corrected chi connectivity index (χ4v) is 2.75. The Morgan fingerprint density at radius 2 is 2.10 bits per heavy atom. The molecule has 0 amide bonds. The Morgan fingerprint density at radius 3 is 2.80 bits per heavy atom. The molecule has 0 heterocycles. The Kier molecular flexibility index (Phi) is 4.78. The van der Waals surface area contributed by atoms with Gasteiger partial charge >= 0.3 is 0 Å². The number of rotatable bonds is 4. The lowest BCUT2D eigenvalue weighted by atomic mass is 10.1. The first-order chi connectivity index (χ1) is 9.58. The van der Waals surface area contributed by atoms with Crippen molar-refractivity contribution in [1.82, 2.24) is 0 Å². The summed E-state index contributed by atoms with van der Waals surface area (Å²) in [6, 6.07) is 14.4. The predicted molar refractivity (Wildman–Crippen MR) is 79.7 cm³/mol. The van der Waals surface area contributed by atoms with Crippen LogP contribution in [0, 0.1) is 17.1 Å². The Balaban J connectivity index is 2.11. The lowest BCUT2D eigenvalue weighted by Crippen LogP contribution is -2.04. The maximum absolute atomic E-state index is 13.3. The van der Waals surface area contributed by atoms with Gasteiger partial charge in [0.25, 0.3) is 0 Å². The van der Waals surface area contributed by atoms with Crippen molar-refractivity contribution < 1.29 is 4.39 Å². The van der Waals surface area contributed by atoms with Crippen molar-refractivity contribution in [2.45, 2.75) is 23.6 Å². The van der Waals surface area contributed by atoms with Crippen LogP contribution in [0.3, 0.4) is 0 Å². The molecule has 0 bridgehead atoms. The van der Waals surface area contributed by atoms with Crippen molar-refractivity contribution in [3.05, 3.63) is 65.0 Å². The van der Waals surface area contributed by atoms with E-state index in [4.69, 9.17) is 11.0 Å². The average Bonchev–Trinajstić information content (AvgIpc) is 2.44. The van der Waals surface area contributed by atoms with E-state index in [1.165, 1.54) is 12.1 Å². The zero-order valence-electron chi connectivity index (χ0n) is 11.1. The number of halogens is 1. The molecule has 1 unspecified atom stereocenters. The molecule has 20 heavy (non-hydrogen) atoms. The molecule has 2 aromatic rings. The summed E-state index contributed by atoms with van der Waals surface area (Å²) in [4.78, 5) is 1.09. The van der Waals surface area contributed by atoms with Crippen molar-refractivity contribution in [3.63, 3.8) is 0 Å². The molecular formula is C16H15FN2S. The smallest absolute Gasteiger partial charge is 0.124 e. The third kappa shape index (κ3) is 3.83. The molecule has 1 atom stereocenters. The van der Waals surface area contributed by atoms with Gasteiger partial charge in [0.1, 0.15) is 5.82 Å². The van der Waals surface area contributed by atoms with Gasteiger partial charge in [0.05, 0.1) is 11.6 Å². The molecule has 0 fully saturated rings. The first-order valence-electron chi connectivity index (χ1n) is 6.26. The van der Waals surface area contributed by atoms with Gasteiger partial charge in [-0.05, 0) is 48.4 Å². The van der Waals surface area contributed by atoms with E-state index >= 15 is 0 Å². The molecule has 0 saturated carbocycles. The van der Waals surface area contributed by atoms with Gasteiger partial charge in [-0.2, -0.15) is 5.26 Å². The number of hydrogen-bond acceptors (Lipinski definition) is 3. The monoisotopic (exact) mass is 286 g/mol. The van der Waals surface area contributed by atoms with E-state index in [1.54, 1.807) is 17.8 Å². The molecule has 0 aliphatic rings. The van der Waals surface area contributed by atoms with Gasteiger partial charge in [0.15, 0.2) is 0 Å². The first-order valence-corrected chi connectivity index (χ1v) is 7.25. The number of nitriles is 1. The Morgan fingerprint density at radius 1 is 1.30 bits per heavy atom. The highest BCUT2D eigenvalue weighted by Crippen LogP contribution is 2.25. The van der Waals surface area contributed by atoms with Gasteiger partial charge in [0, 0.05) is 16.7 Å². The van der Waals surface area contributed by atoms with Crippen LogP contribution in [0.15, 0.2) is 47.4 Å². The summed E-state index contributed by atoms with van der Waals surface area (Å²) >= 11 is 1.60. The van der Waals surface area contributed by atoms with Gasteiger partial charge in [-0.1, -0.05) is 12.1 Å². The van der Waals surface area contributed by atoms with Gasteiger partial charge in [0.2, 0.25) is 0 Å². The van der Waals surface area contributed by atoms with Crippen LogP contribution in [0.1, 0.15) is 29.7 Å². The lowest BCUT2D eigenvalue weighted by Gasteiger charge is -2.08. The SMILES string of the molecule is CC(N)c1cccc(SCc2cc(F)cc(C#N)c2)c1. The molecular weight excluding hydrogens is 271 g/mol. The normalized spacial score (nSPS) is 11.9.